The topological polar surface area (TPSA) is 42.2 Å². The van der Waals surface area contributed by atoms with Crippen LogP contribution in [-0.4, -0.2) is 17.3 Å². The van der Waals surface area contributed by atoms with E-state index in [2.05, 4.69) is 35.1 Å². The van der Waals surface area contributed by atoms with Gasteiger partial charge in [0, 0.05) is 16.9 Å². The lowest BCUT2D eigenvalue weighted by Crippen LogP contribution is -2.40. The highest BCUT2D eigenvalue weighted by molar-refractivity contribution is 9.09. The molecule has 0 aliphatic carbocycles. The number of hydrogen-bond donors (Lipinski definition) is 1. The summed E-state index contributed by atoms with van der Waals surface area (Å²) in [4.78, 5) is 12.2. The number of amides is 1. The Kier molecular flexibility index (Phi) is 4.80. The Balaban J connectivity index is 2.90. The molecule has 1 unspecified atom stereocenters. The molecule has 96 valence electrons. The van der Waals surface area contributed by atoms with Crippen LogP contribution in [0.4, 0.5) is 0 Å². The number of carbonyl (C=O) groups excluding carboxylic acids is 1. The maximum absolute atomic E-state index is 12.2. The normalized spacial score (nSPS) is 12.9. The Morgan fingerprint density at radius 2 is 1.88 bits per heavy atom. The molecule has 17 heavy (non-hydrogen) atoms. The van der Waals surface area contributed by atoms with E-state index in [0.29, 0.717) is 17.2 Å². The minimum atomic E-state index is -0.0463. The van der Waals surface area contributed by atoms with Gasteiger partial charge in [0.25, 0.3) is 5.91 Å². The maximum Gasteiger partial charge on any atom is 0.255 e. The molecule has 1 rings (SSSR count). The Hall–Kier alpha value is -0.770. The summed E-state index contributed by atoms with van der Waals surface area (Å²) in [5, 5.41) is 3.79. The van der Waals surface area contributed by atoms with E-state index in [9.17, 15) is 4.79 Å². The van der Waals surface area contributed by atoms with Gasteiger partial charge in [0.05, 0.1) is 5.56 Å². The largest absolute Gasteiger partial charge is 0.466 e. The molecule has 0 aliphatic rings. The first kappa shape index (κ1) is 14.3. The van der Waals surface area contributed by atoms with E-state index in [4.69, 9.17) is 4.42 Å². The lowest BCUT2D eigenvalue weighted by atomic mass is 10.0. The Bertz CT molecular complexity index is 410. The van der Waals surface area contributed by atoms with Crippen molar-refractivity contribution in [1.29, 1.82) is 0 Å². The van der Waals surface area contributed by atoms with Crippen molar-refractivity contribution < 1.29 is 9.21 Å². The number of halogens is 1. The second-order valence-corrected chi connectivity index (χ2v) is 5.34. The van der Waals surface area contributed by atoms with Crippen molar-refractivity contribution in [3.8, 4) is 0 Å². The predicted octanol–water partition coefficient (Wildman–Crippen LogP) is 3.35. The Labute approximate surface area is 111 Å². The molecule has 0 spiro atoms. The number of rotatable bonds is 4. The van der Waals surface area contributed by atoms with Crippen molar-refractivity contribution in [1.82, 2.24) is 5.32 Å². The first-order chi connectivity index (χ1) is 7.88. The molecule has 0 radical (unpaired) electrons. The molecule has 1 atom stereocenters. The van der Waals surface area contributed by atoms with Gasteiger partial charge in [-0.25, -0.2) is 0 Å². The van der Waals surface area contributed by atoms with Crippen LogP contribution in [-0.2, 0) is 0 Å². The fraction of sp³-hybridized carbons (Fsp3) is 0.615. The van der Waals surface area contributed by atoms with Gasteiger partial charge in [-0.15, -0.1) is 0 Å². The summed E-state index contributed by atoms with van der Waals surface area (Å²) in [6, 6.07) is 0.136. The molecule has 0 saturated carbocycles. The van der Waals surface area contributed by atoms with Crippen LogP contribution in [0.1, 0.15) is 41.3 Å². The number of alkyl halides is 1. The zero-order chi connectivity index (χ0) is 13.2. The molecule has 0 saturated heterocycles. The maximum atomic E-state index is 12.2. The highest BCUT2D eigenvalue weighted by Gasteiger charge is 2.22. The van der Waals surface area contributed by atoms with Crippen molar-refractivity contribution in [3.63, 3.8) is 0 Å². The zero-order valence-corrected chi connectivity index (χ0v) is 12.6. The first-order valence-electron chi connectivity index (χ1n) is 5.81. The van der Waals surface area contributed by atoms with Gasteiger partial charge in [0.15, 0.2) is 0 Å². The summed E-state index contributed by atoms with van der Waals surface area (Å²) in [5.41, 5.74) is 1.60. The lowest BCUT2D eigenvalue weighted by Gasteiger charge is -2.19. The predicted molar refractivity (Wildman–Crippen MR) is 72.8 cm³/mol. The van der Waals surface area contributed by atoms with E-state index in [0.717, 1.165) is 16.7 Å². The fourth-order valence-corrected chi connectivity index (χ4v) is 2.66. The van der Waals surface area contributed by atoms with Gasteiger partial charge in [-0.2, -0.15) is 0 Å². The van der Waals surface area contributed by atoms with Crippen LogP contribution in [0.3, 0.4) is 0 Å². The van der Waals surface area contributed by atoms with Crippen LogP contribution in [0.15, 0.2) is 4.42 Å². The molecule has 0 aromatic carbocycles. The summed E-state index contributed by atoms with van der Waals surface area (Å²) < 4.78 is 5.47. The van der Waals surface area contributed by atoms with Crippen molar-refractivity contribution in [2.75, 3.05) is 5.33 Å². The van der Waals surface area contributed by atoms with Crippen molar-refractivity contribution in [2.24, 2.45) is 5.92 Å². The Morgan fingerprint density at radius 3 is 2.24 bits per heavy atom. The van der Waals surface area contributed by atoms with Gasteiger partial charge < -0.3 is 9.73 Å². The number of hydrogen-bond acceptors (Lipinski definition) is 2. The number of aryl methyl sites for hydroxylation is 2. The minimum Gasteiger partial charge on any atom is -0.466 e. The summed E-state index contributed by atoms with van der Waals surface area (Å²) >= 11 is 3.42. The van der Waals surface area contributed by atoms with Crippen LogP contribution < -0.4 is 5.32 Å². The number of furan rings is 1. The molecule has 0 aliphatic heterocycles. The third-order valence-electron chi connectivity index (χ3n) is 3.08. The van der Waals surface area contributed by atoms with Crippen molar-refractivity contribution >= 4 is 21.8 Å². The Morgan fingerprint density at radius 1 is 1.29 bits per heavy atom. The summed E-state index contributed by atoms with van der Waals surface area (Å²) in [5.74, 6) is 1.85. The van der Waals surface area contributed by atoms with E-state index in [-0.39, 0.29) is 11.9 Å². The van der Waals surface area contributed by atoms with Gasteiger partial charge >= 0.3 is 0 Å². The molecule has 1 N–H and O–H groups in total. The second kappa shape index (κ2) is 5.71. The molecule has 1 aromatic heterocycles. The van der Waals surface area contributed by atoms with Crippen molar-refractivity contribution in [3.05, 3.63) is 22.6 Å². The molecular formula is C13H20BrNO2. The summed E-state index contributed by atoms with van der Waals surface area (Å²) in [7, 11) is 0. The van der Waals surface area contributed by atoms with Gasteiger partial charge in [-0.1, -0.05) is 29.8 Å². The van der Waals surface area contributed by atoms with Crippen LogP contribution in [0, 0.1) is 26.7 Å². The van der Waals surface area contributed by atoms with Gasteiger partial charge in [0.1, 0.15) is 11.5 Å². The van der Waals surface area contributed by atoms with Gasteiger partial charge in [-0.05, 0) is 26.7 Å². The van der Waals surface area contributed by atoms with Crippen molar-refractivity contribution in [2.45, 2.75) is 40.7 Å². The van der Waals surface area contributed by atoms with E-state index < -0.39 is 0 Å². The minimum absolute atomic E-state index is 0.0463. The average Bonchev–Trinajstić information content (AvgIpc) is 2.49. The smallest absolute Gasteiger partial charge is 0.255 e. The van der Waals surface area contributed by atoms with Crippen LogP contribution in [0.25, 0.3) is 0 Å². The average molecular weight is 302 g/mol. The van der Waals surface area contributed by atoms with E-state index in [1.54, 1.807) is 0 Å². The van der Waals surface area contributed by atoms with Crippen LogP contribution >= 0.6 is 15.9 Å². The lowest BCUT2D eigenvalue weighted by molar-refractivity contribution is 0.0929. The van der Waals surface area contributed by atoms with Crippen LogP contribution in [0.5, 0.6) is 0 Å². The summed E-state index contributed by atoms with van der Waals surface area (Å²) in [6.07, 6.45) is 0. The summed E-state index contributed by atoms with van der Waals surface area (Å²) in [6.45, 7) is 9.80. The van der Waals surface area contributed by atoms with E-state index >= 15 is 0 Å². The molecule has 1 aromatic rings. The van der Waals surface area contributed by atoms with Crippen LogP contribution in [0.2, 0.25) is 0 Å². The third kappa shape index (κ3) is 3.12. The molecule has 1 heterocycles. The number of carbonyl (C=O) groups is 1. The first-order valence-corrected chi connectivity index (χ1v) is 6.94. The number of nitrogens with one attached hydrogen (secondary N) is 1. The highest BCUT2D eigenvalue weighted by atomic mass is 79.9. The SMILES string of the molecule is Cc1oc(C)c(C(=O)NC(CBr)C(C)C)c1C. The second-order valence-electron chi connectivity index (χ2n) is 4.69. The molecular weight excluding hydrogens is 282 g/mol. The van der Waals surface area contributed by atoms with Gasteiger partial charge in [0.2, 0.25) is 0 Å². The molecule has 3 nitrogen and oxygen atoms in total. The standard InChI is InChI=1S/C13H20BrNO2/c1-7(2)11(6-14)15-13(16)12-8(3)9(4)17-10(12)5/h7,11H,6H2,1-5H3,(H,15,16). The quantitative estimate of drug-likeness (QED) is 0.867. The molecule has 4 heteroatoms. The zero-order valence-electron chi connectivity index (χ0n) is 11.1. The molecule has 1 amide bonds. The third-order valence-corrected chi connectivity index (χ3v) is 3.77. The van der Waals surface area contributed by atoms with E-state index in [1.165, 1.54) is 0 Å². The molecule has 0 bridgehead atoms. The molecule has 0 fully saturated rings. The highest BCUT2D eigenvalue weighted by Crippen LogP contribution is 2.21. The fourth-order valence-electron chi connectivity index (χ4n) is 1.75. The monoisotopic (exact) mass is 301 g/mol. The van der Waals surface area contributed by atoms with Gasteiger partial charge in [-0.3, -0.25) is 4.79 Å². The van der Waals surface area contributed by atoms with E-state index in [1.807, 2.05) is 20.8 Å².